The summed E-state index contributed by atoms with van der Waals surface area (Å²) >= 11 is 0. The predicted molar refractivity (Wildman–Crippen MR) is 92.2 cm³/mol. The van der Waals surface area contributed by atoms with Crippen molar-refractivity contribution < 1.29 is 37.5 Å². The summed E-state index contributed by atoms with van der Waals surface area (Å²) in [7, 11) is -4.14. The van der Waals surface area contributed by atoms with Crippen molar-refractivity contribution in [3.63, 3.8) is 0 Å². The molecule has 0 saturated carbocycles. The van der Waals surface area contributed by atoms with Crippen LogP contribution in [0.3, 0.4) is 0 Å². The van der Waals surface area contributed by atoms with E-state index in [-0.39, 0.29) is 17.4 Å². The Morgan fingerprint density at radius 2 is 1.93 bits per heavy atom. The van der Waals surface area contributed by atoms with Crippen LogP contribution < -0.4 is 0 Å². The van der Waals surface area contributed by atoms with E-state index < -0.39 is 56.6 Å². The normalized spacial score (nSPS) is 20.2. The minimum Gasteiger partial charge on any atom is -0.755 e. The zero-order chi connectivity index (χ0) is 21.1. The topological polar surface area (TPSA) is 176 Å². The van der Waals surface area contributed by atoms with Gasteiger partial charge in [0, 0.05) is 12.1 Å². The molecule has 12 nitrogen and oxygen atoms in total. The first-order chi connectivity index (χ1) is 13.1. The Bertz CT molecular complexity index is 854. The molecule has 1 heterocycles. The molecule has 1 saturated heterocycles. The standard InChI is InChI=1S/C15H17N2O10S/c1-9(6-18)28(24,25)14-12(13(19)16(14)21)8-27-15(20)26-7-10-2-4-11(5-3-10)17(22)23/h2-5,9,12,14,18H,6-8H2,1H3/q-1/t9-,12?,14?/m1/s1. The summed E-state index contributed by atoms with van der Waals surface area (Å²) in [6.45, 7) is -0.501. The van der Waals surface area contributed by atoms with Crippen molar-refractivity contribution >= 4 is 27.6 Å². The fourth-order valence-corrected chi connectivity index (χ4v) is 4.11. The number of benzene rings is 1. The average Bonchev–Trinajstić information content (AvgIpc) is 2.67. The van der Waals surface area contributed by atoms with Crippen LogP contribution in [0.25, 0.3) is 0 Å². The minimum absolute atomic E-state index is 0.138. The molecule has 0 aromatic heterocycles. The number of carbonyl (C=O) groups is 2. The molecule has 1 aromatic carbocycles. The molecular formula is C15H17N2O10S-. The van der Waals surface area contributed by atoms with E-state index in [1.54, 1.807) is 0 Å². The van der Waals surface area contributed by atoms with Gasteiger partial charge in [0.25, 0.3) is 5.69 Å². The van der Waals surface area contributed by atoms with Gasteiger partial charge in [-0.1, -0.05) is 0 Å². The molecule has 1 fully saturated rings. The molecule has 1 aliphatic heterocycles. The van der Waals surface area contributed by atoms with Crippen LogP contribution in [0.15, 0.2) is 24.3 Å². The Hall–Kier alpha value is -2.77. The number of aliphatic hydroxyl groups excluding tert-OH is 1. The Morgan fingerprint density at radius 1 is 1.32 bits per heavy atom. The van der Waals surface area contributed by atoms with Gasteiger partial charge in [0.1, 0.15) is 24.5 Å². The monoisotopic (exact) mass is 417 g/mol. The van der Waals surface area contributed by atoms with Crippen molar-refractivity contribution in [1.29, 1.82) is 0 Å². The van der Waals surface area contributed by atoms with Gasteiger partial charge in [-0.3, -0.25) is 14.9 Å². The molecular weight excluding hydrogens is 400 g/mol. The number of hydroxylamine groups is 2. The van der Waals surface area contributed by atoms with Crippen molar-refractivity contribution in [3.05, 3.63) is 45.2 Å². The first-order valence-electron chi connectivity index (χ1n) is 7.96. The molecule has 0 radical (unpaired) electrons. The SMILES string of the molecule is C[C@H](CO)S(=O)(=O)C1C(COC(=O)OCc2ccc([N+](=O)[O-])cc2)C(=O)N1[O-]. The molecule has 1 aliphatic rings. The lowest BCUT2D eigenvalue weighted by atomic mass is 10.0. The van der Waals surface area contributed by atoms with Crippen LogP contribution in [0.5, 0.6) is 0 Å². The smallest absolute Gasteiger partial charge is 0.508 e. The lowest BCUT2D eigenvalue weighted by Gasteiger charge is -2.50. The Morgan fingerprint density at radius 3 is 2.46 bits per heavy atom. The third kappa shape index (κ3) is 4.37. The number of hydrogen-bond acceptors (Lipinski definition) is 10. The van der Waals surface area contributed by atoms with Crippen LogP contribution in [0.2, 0.25) is 0 Å². The van der Waals surface area contributed by atoms with Crippen molar-refractivity contribution in [1.82, 2.24) is 5.06 Å². The van der Waals surface area contributed by atoms with Gasteiger partial charge < -0.3 is 24.9 Å². The summed E-state index contributed by atoms with van der Waals surface area (Å²) in [5, 5.41) is 27.9. The lowest BCUT2D eigenvalue weighted by molar-refractivity contribution is -0.384. The molecule has 1 amide bonds. The maximum absolute atomic E-state index is 12.2. The van der Waals surface area contributed by atoms with Crippen molar-refractivity contribution in [2.24, 2.45) is 5.92 Å². The number of ether oxygens (including phenoxy) is 2. The second-order valence-corrected chi connectivity index (χ2v) is 8.48. The third-order valence-corrected chi connectivity index (χ3v) is 6.61. The quantitative estimate of drug-likeness (QED) is 0.268. The van der Waals surface area contributed by atoms with Gasteiger partial charge in [-0.25, -0.2) is 13.2 Å². The maximum atomic E-state index is 12.2. The first-order valence-corrected chi connectivity index (χ1v) is 9.57. The largest absolute Gasteiger partial charge is 0.755 e. The van der Waals surface area contributed by atoms with Crippen LogP contribution in [-0.2, 0) is 30.7 Å². The molecule has 2 rings (SSSR count). The van der Waals surface area contributed by atoms with Crippen LogP contribution in [-0.4, -0.2) is 59.4 Å². The van der Waals surface area contributed by atoms with Gasteiger partial charge in [0.05, 0.1) is 16.8 Å². The number of nitro groups is 1. The van der Waals surface area contributed by atoms with E-state index in [9.17, 15) is 33.3 Å². The van der Waals surface area contributed by atoms with E-state index in [1.807, 2.05) is 0 Å². The number of nitro benzene ring substituents is 1. The average molecular weight is 417 g/mol. The van der Waals surface area contributed by atoms with Gasteiger partial charge in [-0.2, -0.15) is 0 Å². The van der Waals surface area contributed by atoms with Crippen LogP contribution in [0.1, 0.15) is 12.5 Å². The molecule has 0 bridgehead atoms. The minimum atomic E-state index is -4.14. The van der Waals surface area contributed by atoms with Crippen LogP contribution in [0, 0.1) is 21.2 Å². The van der Waals surface area contributed by atoms with Gasteiger partial charge in [0.2, 0.25) is 5.91 Å². The second kappa shape index (κ2) is 8.50. The van der Waals surface area contributed by atoms with E-state index in [0.29, 0.717) is 5.56 Å². The summed E-state index contributed by atoms with van der Waals surface area (Å²) in [5.41, 5.74) is 0.298. The highest BCUT2D eigenvalue weighted by Crippen LogP contribution is 2.32. The summed E-state index contributed by atoms with van der Waals surface area (Å²) in [5.74, 6) is -2.44. The molecule has 0 spiro atoms. The number of aliphatic hydroxyl groups is 1. The Labute approximate surface area is 159 Å². The Balaban J connectivity index is 1.89. The van der Waals surface area contributed by atoms with Gasteiger partial charge in [0.15, 0.2) is 9.84 Å². The molecule has 154 valence electrons. The number of β-lactam (4-membered cyclic amide) rings is 1. The molecule has 1 aromatic rings. The second-order valence-electron chi connectivity index (χ2n) is 6.02. The fraction of sp³-hybridized carbons (Fsp3) is 0.467. The number of sulfone groups is 1. The zero-order valence-electron chi connectivity index (χ0n) is 14.6. The van der Waals surface area contributed by atoms with Crippen LogP contribution >= 0.6 is 0 Å². The number of carbonyl (C=O) groups excluding carboxylic acids is 2. The summed E-state index contributed by atoms with van der Waals surface area (Å²) in [6.07, 6.45) is -1.21. The molecule has 13 heteroatoms. The van der Waals surface area contributed by atoms with E-state index in [4.69, 9.17) is 14.6 Å². The number of amides is 1. The maximum Gasteiger partial charge on any atom is 0.508 e. The van der Waals surface area contributed by atoms with Gasteiger partial charge in [-0.15, -0.1) is 0 Å². The molecule has 0 aliphatic carbocycles. The number of nitrogens with zero attached hydrogens (tertiary/aromatic N) is 2. The number of hydrogen-bond donors (Lipinski definition) is 1. The van der Waals surface area contributed by atoms with Gasteiger partial charge >= 0.3 is 6.16 Å². The van der Waals surface area contributed by atoms with E-state index >= 15 is 0 Å². The molecule has 3 atom stereocenters. The summed E-state index contributed by atoms with van der Waals surface area (Å²) in [6, 6.07) is 5.18. The zero-order valence-corrected chi connectivity index (χ0v) is 15.4. The predicted octanol–water partition coefficient (Wildman–Crippen LogP) is 0.326. The summed E-state index contributed by atoms with van der Waals surface area (Å²) in [4.78, 5) is 33.2. The molecule has 2 unspecified atom stereocenters. The number of rotatable bonds is 8. The highest BCUT2D eigenvalue weighted by molar-refractivity contribution is 7.92. The van der Waals surface area contributed by atoms with E-state index in [1.165, 1.54) is 31.2 Å². The highest BCUT2D eigenvalue weighted by Gasteiger charge is 2.52. The van der Waals surface area contributed by atoms with Crippen molar-refractivity contribution in [2.75, 3.05) is 13.2 Å². The van der Waals surface area contributed by atoms with Crippen molar-refractivity contribution in [2.45, 2.75) is 24.2 Å². The first kappa shape index (κ1) is 21.5. The van der Waals surface area contributed by atoms with E-state index in [2.05, 4.69) is 0 Å². The Kier molecular flexibility index (Phi) is 6.53. The highest BCUT2D eigenvalue weighted by atomic mass is 32.2. The number of non-ortho nitro benzene ring substituents is 1. The van der Waals surface area contributed by atoms with E-state index in [0.717, 1.165) is 0 Å². The lowest BCUT2D eigenvalue weighted by Crippen LogP contribution is -2.64. The molecule has 1 N–H and O–H groups in total. The third-order valence-electron chi connectivity index (χ3n) is 4.15. The summed E-state index contributed by atoms with van der Waals surface area (Å²) < 4.78 is 33.8. The van der Waals surface area contributed by atoms with Gasteiger partial charge in [-0.05, 0) is 24.6 Å². The fourth-order valence-electron chi connectivity index (χ4n) is 2.41. The van der Waals surface area contributed by atoms with Crippen LogP contribution in [0.4, 0.5) is 10.5 Å². The van der Waals surface area contributed by atoms with Crippen molar-refractivity contribution in [3.8, 4) is 0 Å². The molecule has 28 heavy (non-hydrogen) atoms.